The van der Waals surface area contributed by atoms with Crippen LogP contribution < -0.4 is 9.80 Å². The van der Waals surface area contributed by atoms with Gasteiger partial charge in [-0.1, -0.05) is 140 Å². The largest absolute Gasteiger partial charge is 0.330 e. The summed E-state index contributed by atoms with van der Waals surface area (Å²) in [6.07, 6.45) is 10.1. The molecule has 0 amide bonds. The van der Waals surface area contributed by atoms with Crippen LogP contribution in [0.25, 0.3) is 32.7 Å². The lowest BCUT2D eigenvalue weighted by molar-refractivity contribution is 0.925. The average Bonchev–Trinajstić information content (AvgIpc) is 3.14. The number of allylic oxidation sites excluding steroid dienone is 2. The zero-order chi connectivity index (χ0) is 30.7. The zero-order valence-corrected chi connectivity index (χ0v) is 25.6. The molecule has 0 aliphatic heterocycles. The minimum Gasteiger partial charge on any atom is -0.330 e. The minimum atomic E-state index is 0.155. The van der Waals surface area contributed by atoms with Crippen molar-refractivity contribution in [3.8, 4) is 11.1 Å². The van der Waals surface area contributed by atoms with Crippen molar-refractivity contribution in [3.63, 3.8) is 0 Å². The second kappa shape index (κ2) is 12.3. The van der Waals surface area contributed by atoms with Crippen LogP contribution in [-0.4, -0.2) is 6.04 Å². The number of hydrogen-bond donors (Lipinski definition) is 0. The van der Waals surface area contributed by atoms with Crippen LogP contribution in [0.2, 0.25) is 0 Å². The van der Waals surface area contributed by atoms with E-state index in [2.05, 4.69) is 198 Å². The topological polar surface area (TPSA) is 6.48 Å². The molecule has 1 aliphatic carbocycles. The Morgan fingerprint density at radius 1 is 0.391 bits per heavy atom. The molecule has 0 heterocycles. The van der Waals surface area contributed by atoms with Crippen molar-refractivity contribution in [2.75, 3.05) is 9.80 Å². The molecule has 0 saturated carbocycles. The van der Waals surface area contributed by atoms with Crippen LogP contribution in [0.3, 0.4) is 0 Å². The summed E-state index contributed by atoms with van der Waals surface area (Å²) in [4.78, 5) is 4.80. The number of benzene rings is 7. The van der Waals surface area contributed by atoms with Gasteiger partial charge in [0.1, 0.15) is 0 Å². The quantitative estimate of drug-likeness (QED) is 0.170. The molecular formula is C44H34N2. The third-order valence-corrected chi connectivity index (χ3v) is 8.89. The van der Waals surface area contributed by atoms with Crippen LogP contribution in [0.15, 0.2) is 188 Å². The van der Waals surface area contributed by atoms with E-state index in [0.717, 1.165) is 17.8 Å². The van der Waals surface area contributed by atoms with Crippen molar-refractivity contribution in [1.82, 2.24) is 0 Å². The summed E-state index contributed by atoms with van der Waals surface area (Å²) in [5.41, 5.74) is 8.20. The highest BCUT2D eigenvalue weighted by Crippen LogP contribution is 2.40. The monoisotopic (exact) mass is 590 g/mol. The standard InChI is InChI=1S/C44H34N2/c1-3-17-37(18-4-1)45(43-23-11-15-35-13-7-9-21-41(35)43)39-29-25-33(26-30-39)34-27-31-40(32-28-34)46(38-19-5-2-6-20-38)44-24-12-16-36-14-8-10-22-42(36)44/h1,3-32,38H,2H2. The Hall–Kier alpha value is -5.86. The van der Waals surface area contributed by atoms with Gasteiger partial charge < -0.3 is 9.80 Å². The summed E-state index contributed by atoms with van der Waals surface area (Å²) >= 11 is 0. The molecule has 220 valence electrons. The fourth-order valence-corrected chi connectivity index (χ4v) is 6.67. The van der Waals surface area contributed by atoms with Gasteiger partial charge in [0.25, 0.3) is 0 Å². The first kappa shape index (κ1) is 27.7. The molecule has 0 atom stereocenters. The number of nitrogens with zero attached hydrogens (tertiary/aromatic N) is 2. The van der Waals surface area contributed by atoms with Crippen molar-refractivity contribution < 1.29 is 0 Å². The van der Waals surface area contributed by atoms with Gasteiger partial charge in [0, 0.05) is 33.5 Å². The number of hydrogen-bond acceptors (Lipinski definition) is 2. The van der Waals surface area contributed by atoms with Gasteiger partial charge in [0.05, 0.1) is 11.7 Å². The normalized spacial score (nSPS) is 12.9. The summed E-state index contributed by atoms with van der Waals surface area (Å²) < 4.78 is 0. The first-order valence-corrected chi connectivity index (χ1v) is 16.0. The van der Waals surface area contributed by atoms with Crippen LogP contribution in [0.1, 0.15) is 6.42 Å². The van der Waals surface area contributed by atoms with Gasteiger partial charge in [-0.05, 0) is 76.9 Å². The predicted octanol–water partition coefficient (Wildman–Crippen LogP) is 12.2. The Bertz CT molecular complexity index is 2150. The molecule has 7 aromatic carbocycles. The number of fused-ring (bicyclic) bond motifs is 2. The molecular weight excluding hydrogens is 556 g/mol. The molecule has 2 heteroatoms. The highest BCUT2D eigenvalue weighted by Gasteiger charge is 2.20. The molecule has 7 aromatic rings. The third kappa shape index (κ3) is 5.25. The molecule has 0 aromatic heterocycles. The van der Waals surface area contributed by atoms with Gasteiger partial charge in [-0.25, -0.2) is 0 Å². The average molecular weight is 591 g/mol. The first-order valence-electron chi connectivity index (χ1n) is 16.0. The molecule has 2 nitrogen and oxygen atoms in total. The van der Waals surface area contributed by atoms with Gasteiger partial charge >= 0.3 is 0 Å². The lowest BCUT2D eigenvalue weighted by Gasteiger charge is -2.32. The van der Waals surface area contributed by atoms with Crippen molar-refractivity contribution >= 4 is 50.0 Å². The molecule has 0 unspecified atom stereocenters. The Labute approximate surface area is 270 Å². The predicted molar refractivity (Wildman–Crippen MR) is 197 cm³/mol. The van der Waals surface area contributed by atoms with Crippen LogP contribution in [0, 0.1) is 0 Å². The zero-order valence-electron chi connectivity index (χ0n) is 25.6. The van der Waals surface area contributed by atoms with E-state index in [1.54, 1.807) is 0 Å². The van der Waals surface area contributed by atoms with Crippen LogP contribution in [0.4, 0.5) is 28.4 Å². The van der Waals surface area contributed by atoms with E-state index < -0.39 is 0 Å². The minimum absolute atomic E-state index is 0.155. The third-order valence-electron chi connectivity index (χ3n) is 8.89. The van der Waals surface area contributed by atoms with E-state index in [0.29, 0.717) is 0 Å². The van der Waals surface area contributed by atoms with E-state index in [4.69, 9.17) is 0 Å². The van der Waals surface area contributed by atoms with Crippen molar-refractivity contribution in [1.29, 1.82) is 0 Å². The molecule has 8 rings (SSSR count). The van der Waals surface area contributed by atoms with E-state index >= 15 is 0 Å². The Kier molecular flexibility index (Phi) is 7.38. The number of anilines is 5. The molecule has 0 bridgehead atoms. The number of rotatable bonds is 7. The van der Waals surface area contributed by atoms with E-state index in [1.807, 2.05) is 0 Å². The highest BCUT2D eigenvalue weighted by atomic mass is 15.2. The van der Waals surface area contributed by atoms with Gasteiger partial charge in [-0.15, -0.1) is 0 Å². The molecule has 0 saturated heterocycles. The molecule has 1 aliphatic rings. The summed E-state index contributed by atoms with van der Waals surface area (Å²) in [5.74, 6) is 0. The molecule has 0 fully saturated rings. The lowest BCUT2D eigenvalue weighted by Crippen LogP contribution is -2.28. The molecule has 46 heavy (non-hydrogen) atoms. The first-order chi connectivity index (χ1) is 22.8. The van der Waals surface area contributed by atoms with E-state index in [-0.39, 0.29) is 6.04 Å². The Morgan fingerprint density at radius 2 is 0.870 bits per heavy atom. The summed E-state index contributed by atoms with van der Waals surface area (Å²) in [7, 11) is 0. The smallest absolute Gasteiger partial charge is 0.0706 e. The Morgan fingerprint density at radius 3 is 1.50 bits per heavy atom. The van der Waals surface area contributed by atoms with E-state index in [9.17, 15) is 0 Å². The molecule has 0 radical (unpaired) electrons. The van der Waals surface area contributed by atoms with Crippen molar-refractivity contribution in [2.24, 2.45) is 0 Å². The van der Waals surface area contributed by atoms with Gasteiger partial charge in [0.2, 0.25) is 0 Å². The SMILES string of the molecule is C1=CC(N(c2ccc(-c3ccc(N(c4ccccc4)c4cccc5ccccc45)cc3)cc2)c2cccc3ccccc23)C=CC1. The highest BCUT2D eigenvalue weighted by molar-refractivity contribution is 5.99. The van der Waals surface area contributed by atoms with Gasteiger partial charge in [0.15, 0.2) is 0 Å². The maximum atomic E-state index is 2.45. The summed E-state index contributed by atoms with van der Waals surface area (Å²) in [6, 6.07) is 59.1. The van der Waals surface area contributed by atoms with Gasteiger partial charge in [-0.2, -0.15) is 0 Å². The van der Waals surface area contributed by atoms with Crippen LogP contribution >= 0.6 is 0 Å². The van der Waals surface area contributed by atoms with Crippen LogP contribution in [-0.2, 0) is 0 Å². The maximum Gasteiger partial charge on any atom is 0.0706 e. The second-order valence-corrected chi connectivity index (χ2v) is 11.7. The maximum absolute atomic E-state index is 2.45. The fourth-order valence-electron chi connectivity index (χ4n) is 6.67. The summed E-state index contributed by atoms with van der Waals surface area (Å²) in [6.45, 7) is 0. The van der Waals surface area contributed by atoms with Crippen molar-refractivity contribution in [2.45, 2.75) is 12.5 Å². The van der Waals surface area contributed by atoms with E-state index in [1.165, 1.54) is 49.7 Å². The van der Waals surface area contributed by atoms with Crippen LogP contribution in [0.5, 0.6) is 0 Å². The van der Waals surface area contributed by atoms with Gasteiger partial charge in [-0.3, -0.25) is 0 Å². The fraction of sp³-hybridized carbons (Fsp3) is 0.0455. The summed E-state index contributed by atoms with van der Waals surface area (Å²) in [5, 5.41) is 4.96. The second-order valence-electron chi connectivity index (χ2n) is 11.7. The lowest BCUT2D eigenvalue weighted by atomic mass is 10.0. The van der Waals surface area contributed by atoms with Crippen molar-refractivity contribution in [3.05, 3.63) is 188 Å². The molecule has 0 N–H and O–H groups in total. The number of para-hydroxylation sites is 1. The molecule has 0 spiro atoms. The Balaban J connectivity index is 1.15.